The van der Waals surface area contributed by atoms with E-state index < -0.39 is 0 Å². The van der Waals surface area contributed by atoms with Crippen molar-refractivity contribution in [1.29, 1.82) is 0 Å². The Labute approximate surface area is 160 Å². The summed E-state index contributed by atoms with van der Waals surface area (Å²) in [5, 5.41) is 9.23. The number of aryl methyl sites for hydroxylation is 3. The minimum absolute atomic E-state index is 0.0000558. The maximum absolute atomic E-state index is 12.8. The Bertz CT molecular complexity index is 975. The summed E-state index contributed by atoms with van der Waals surface area (Å²) in [5.74, 6) is -0.0000558. The molecule has 1 aromatic carbocycles. The standard InChI is InChI=1S/C22H27N3O2/c1-5-24(11-12-26)20(27)14-19-21(18-9-8-15(2)17(4)13-18)23-22-16(3)7-6-10-25(19)22/h6-10,13,26H,5,11-12,14H2,1-4H3. The zero-order chi connectivity index (χ0) is 19.6. The second-order valence-electron chi connectivity index (χ2n) is 6.96. The van der Waals surface area contributed by atoms with Crippen LogP contribution in [0.2, 0.25) is 0 Å². The van der Waals surface area contributed by atoms with Crippen LogP contribution in [0.3, 0.4) is 0 Å². The molecule has 0 radical (unpaired) electrons. The number of aliphatic hydroxyl groups excluding tert-OH is 1. The quantitative estimate of drug-likeness (QED) is 0.729. The molecule has 0 fully saturated rings. The van der Waals surface area contributed by atoms with Gasteiger partial charge in [0, 0.05) is 24.8 Å². The maximum atomic E-state index is 12.8. The van der Waals surface area contributed by atoms with Crippen molar-refractivity contribution in [2.45, 2.75) is 34.1 Å². The van der Waals surface area contributed by atoms with Gasteiger partial charge < -0.3 is 14.4 Å². The Morgan fingerprint density at radius 3 is 2.59 bits per heavy atom. The summed E-state index contributed by atoms with van der Waals surface area (Å²) >= 11 is 0. The van der Waals surface area contributed by atoms with E-state index in [0.29, 0.717) is 13.1 Å². The van der Waals surface area contributed by atoms with Gasteiger partial charge in [-0.05, 0) is 56.5 Å². The molecule has 2 heterocycles. The number of amides is 1. The van der Waals surface area contributed by atoms with Crippen molar-refractivity contribution in [2.24, 2.45) is 0 Å². The Morgan fingerprint density at radius 2 is 1.93 bits per heavy atom. The highest BCUT2D eigenvalue weighted by Gasteiger charge is 2.20. The molecule has 0 aliphatic heterocycles. The van der Waals surface area contributed by atoms with Gasteiger partial charge in [-0.25, -0.2) is 4.98 Å². The SMILES string of the molecule is CCN(CCO)C(=O)Cc1c(-c2ccc(C)c(C)c2)nc2c(C)cccn12. The summed E-state index contributed by atoms with van der Waals surface area (Å²) in [7, 11) is 0. The van der Waals surface area contributed by atoms with Gasteiger partial charge in [-0.3, -0.25) is 4.79 Å². The first kappa shape index (κ1) is 19.1. The summed E-state index contributed by atoms with van der Waals surface area (Å²) in [5.41, 5.74) is 7.14. The van der Waals surface area contributed by atoms with Crippen molar-refractivity contribution in [2.75, 3.05) is 19.7 Å². The number of imidazole rings is 1. The molecule has 0 aliphatic rings. The predicted octanol–water partition coefficient (Wildman–Crippen LogP) is 3.31. The Balaban J connectivity index is 2.13. The van der Waals surface area contributed by atoms with Crippen LogP contribution in [0.1, 0.15) is 29.3 Å². The van der Waals surface area contributed by atoms with Crippen molar-refractivity contribution >= 4 is 11.6 Å². The maximum Gasteiger partial charge on any atom is 0.228 e. The van der Waals surface area contributed by atoms with Crippen LogP contribution in [0.4, 0.5) is 0 Å². The van der Waals surface area contributed by atoms with Gasteiger partial charge in [-0.1, -0.05) is 18.2 Å². The molecule has 27 heavy (non-hydrogen) atoms. The molecule has 5 nitrogen and oxygen atoms in total. The van der Waals surface area contributed by atoms with Gasteiger partial charge in [0.2, 0.25) is 5.91 Å². The van der Waals surface area contributed by atoms with Crippen LogP contribution in [0.5, 0.6) is 0 Å². The van der Waals surface area contributed by atoms with E-state index in [9.17, 15) is 9.90 Å². The molecule has 0 saturated heterocycles. The largest absolute Gasteiger partial charge is 0.395 e. The number of likely N-dealkylation sites (N-methyl/N-ethyl adjacent to an activating group) is 1. The van der Waals surface area contributed by atoms with Crippen LogP contribution < -0.4 is 0 Å². The molecule has 2 aromatic heterocycles. The van der Waals surface area contributed by atoms with Gasteiger partial charge in [0.15, 0.2) is 0 Å². The molecule has 0 saturated carbocycles. The summed E-state index contributed by atoms with van der Waals surface area (Å²) in [6.07, 6.45) is 2.21. The third-order valence-electron chi connectivity index (χ3n) is 5.15. The normalized spacial score (nSPS) is 11.1. The molecule has 0 aliphatic carbocycles. The van der Waals surface area contributed by atoms with E-state index >= 15 is 0 Å². The number of carbonyl (C=O) groups excluding carboxylic acids is 1. The third kappa shape index (κ3) is 3.74. The second kappa shape index (κ2) is 7.92. The van der Waals surface area contributed by atoms with Crippen LogP contribution in [0.15, 0.2) is 36.5 Å². The lowest BCUT2D eigenvalue weighted by atomic mass is 10.0. The lowest BCUT2D eigenvalue weighted by Crippen LogP contribution is -2.34. The van der Waals surface area contributed by atoms with Crippen LogP contribution in [0.25, 0.3) is 16.9 Å². The van der Waals surface area contributed by atoms with E-state index in [1.165, 1.54) is 11.1 Å². The first-order valence-electron chi connectivity index (χ1n) is 9.39. The summed E-state index contributed by atoms with van der Waals surface area (Å²) < 4.78 is 2.02. The number of aromatic nitrogens is 2. The van der Waals surface area contributed by atoms with Crippen LogP contribution in [0, 0.1) is 20.8 Å². The van der Waals surface area contributed by atoms with Crippen molar-refractivity contribution < 1.29 is 9.90 Å². The van der Waals surface area contributed by atoms with Crippen LogP contribution >= 0.6 is 0 Å². The average Bonchev–Trinajstić information content (AvgIpc) is 3.02. The van der Waals surface area contributed by atoms with E-state index in [2.05, 4.69) is 32.0 Å². The van der Waals surface area contributed by atoms with Crippen molar-refractivity contribution in [3.63, 3.8) is 0 Å². The van der Waals surface area contributed by atoms with Crippen LogP contribution in [-0.2, 0) is 11.2 Å². The van der Waals surface area contributed by atoms with Gasteiger partial charge >= 0.3 is 0 Å². The fraction of sp³-hybridized carbons (Fsp3) is 0.364. The van der Waals surface area contributed by atoms with E-state index in [1.807, 2.05) is 36.6 Å². The number of hydrogen-bond acceptors (Lipinski definition) is 3. The second-order valence-corrected chi connectivity index (χ2v) is 6.96. The minimum Gasteiger partial charge on any atom is -0.395 e. The number of aliphatic hydroxyl groups is 1. The van der Waals surface area contributed by atoms with Crippen LogP contribution in [-0.4, -0.2) is 45.0 Å². The third-order valence-corrected chi connectivity index (χ3v) is 5.15. The molecule has 0 atom stereocenters. The number of hydrogen-bond donors (Lipinski definition) is 1. The van der Waals surface area contributed by atoms with Gasteiger partial charge in [-0.2, -0.15) is 0 Å². The predicted molar refractivity (Wildman–Crippen MR) is 108 cm³/mol. The monoisotopic (exact) mass is 365 g/mol. The Morgan fingerprint density at radius 1 is 1.15 bits per heavy atom. The number of carbonyl (C=O) groups is 1. The zero-order valence-electron chi connectivity index (χ0n) is 16.5. The molecule has 1 N–H and O–H groups in total. The molecule has 1 amide bonds. The number of benzene rings is 1. The number of fused-ring (bicyclic) bond motifs is 1. The molecular weight excluding hydrogens is 338 g/mol. The zero-order valence-corrected chi connectivity index (χ0v) is 16.5. The molecule has 0 spiro atoms. The Hall–Kier alpha value is -2.66. The average molecular weight is 365 g/mol. The number of pyridine rings is 1. The highest BCUT2D eigenvalue weighted by Crippen LogP contribution is 2.28. The molecule has 142 valence electrons. The molecule has 3 aromatic rings. The topological polar surface area (TPSA) is 57.8 Å². The lowest BCUT2D eigenvalue weighted by molar-refractivity contribution is -0.130. The fourth-order valence-electron chi connectivity index (χ4n) is 3.38. The van der Waals surface area contributed by atoms with E-state index in [-0.39, 0.29) is 18.9 Å². The Kier molecular flexibility index (Phi) is 5.61. The van der Waals surface area contributed by atoms with Gasteiger partial charge in [0.05, 0.1) is 24.4 Å². The van der Waals surface area contributed by atoms with Crippen molar-refractivity contribution in [3.8, 4) is 11.3 Å². The fourth-order valence-corrected chi connectivity index (χ4v) is 3.38. The highest BCUT2D eigenvalue weighted by molar-refractivity contribution is 5.82. The molecule has 0 unspecified atom stereocenters. The number of rotatable bonds is 6. The summed E-state index contributed by atoms with van der Waals surface area (Å²) in [6.45, 7) is 9.03. The summed E-state index contributed by atoms with van der Waals surface area (Å²) in [4.78, 5) is 19.4. The molecule has 3 rings (SSSR count). The van der Waals surface area contributed by atoms with Gasteiger partial charge in [0.1, 0.15) is 5.65 Å². The minimum atomic E-state index is -0.0319. The molecular formula is C22H27N3O2. The highest BCUT2D eigenvalue weighted by atomic mass is 16.3. The first-order chi connectivity index (χ1) is 13.0. The van der Waals surface area contributed by atoms with Crippen molar-refractivity contribution in [1.82, 2.24) is 14.3 Å². The van der Waals surface area contributed by atoms with Gasteiger partial charge in [-0.15, -0.1) is 0 Å². The smallest absolute Gasteiger partial charge is 0.228 e. The van der Waals surface area contributed by atoms with E-state index in [1.54, 1.807) is 4.90 Å². The number of nitrogens with zero attached hydrogens (tertiary/aromatic N) is 3. The summed E-state index contributed by atoms with van der Waals surface area (Å²) in [6, 6.07) is 10.3. The lowest BCUT2D eigenvalue weighted by Gasteiger charge is -2.20. The molecule has 5 heteroatoms. The molecule has 0 bridgehead atoms. The first-order valence-corrected chi connectivity index (χ1v) is 9.39. The van der Waals surface area contributed by atoms with E-state index in [4.69, 9.17) is 4.98 Å². The van der Waals surface area contributed by atoms with E-state index in [0.717, 1.165) is 28.2 Å². The van der Waals surface area contributed by atoms with Crippen molar-refractivity contribution in [3.05, 3.63) is 58.9 Å². The van der Waals surface area contributed by atoms with Gasteiger partial charge in [0.25, 0.3) is 0 Å².